The summed E-state index contributed by atoms with van der Waals surface area (Å²) in [6.45, 7) is 0.426. The standard InChI is InChI=1S/C16H18FNO2/c17-12-6-7-13-11(9-12)3-1-4-14(13)18-10-15(19)16-5-2-8-20-16/h2,5-9,14-15,18-19H,1,3-4,10H2/t14-,15+/m1/s1. The van der Waals surface area contributed by atoms with Gasteiger partial charge in [0.15, 0.2) is 0 Å². The lowest BCUT2D eigenvalue weighted by Gasteiger charge is -2.27. The lowest BCUT2D eigenvalue weighted by molar-refractivity contribution is 0.142. The van der Waals surface area contributed by atoms with Crippen LogP contribution < -0.4 is 5.32 Å². The summed E-state index contributed by atoms with van der Waals surface area (Å²) in [6.07, 6.45) is 3.85. The van der Waals surface area contributed by atoms with Crippen molar-refractivity contribution in [3.63, 3.8) is 0 Å². The molecule has 2 atom stereocenters. The zero-order chi connectivity index (χ0) is 13.9. The third-order valence-electron chi connectivity index (χ3n) is 3.85. The molecule has 0 radical (unpaired) electrons. The molecular weight excluding hydrogens is 257 g/mol. The maximum atomic E-state index is 13.2. The van der Waals surface area contributed by atoms with Crippen molar-refractivity contribution in [2.45, 2.75) is 31.4 Å². The average molecular weight is 275 g/mol. The zero-order valence-corrected chi connectivity index (χ0v) is 11.2. The van der Waals surface area contributed by atoms with Crippen LogP contribution >= 0.6 is 0 Å². The van der Waals surface area contributed by atoms with Crippen molar-refractivity contribution >= 4 is 0 Å². The van der Waals surface area contributed by atoms with Gasteiger partial charge in [0.2, 0.25) is 0 Å². The SMILES string of the molecule is O[C@@H](CN[C@@H]1CCCc2cc(F)ccc21)c1ccco1. The molecular formula is C16H18FNO2. The Balaban J connectivity index is 1.67. The molecule has 0 amide bonds. The molecule has 106 valence electrons. The van der Waals surface area contributed by atoms with Gasteiger partial charge in [-0.2, -0.15) is 0 Å². The second-order valence-electron chi connectivity index (χ2n) is 5.23. The molecule has 2 aromatic rings. The number of furan rings is 1. The van der Waals surface area contributed by atoms with Gasteiger partial charge >= 0.3 is 0 Å². The Bertz CT molecular complexity index is 568. The number of benzene rings is 1. The number of halogens is 1. The highest BCUT2D eigenvalue weighted by Gasteiger charge is 2.21. The fourth-order valence-corrected chi connectivity index (χ4v) is 2.83. The van der Waals surface area contributed by atoms with Crippen LogP contribution in [-0.2, 0) is 6.42 Å². The average Bonchev–Trinajstić information content (AvgIpc) is 2.98. The second kappa shape index (κ2) is 5.77. The summed E-state index contributed by atoms with van der Waals surface area (Å²) in [4.78, 5) is 0. The molecule has 1 aliphatic carbocycles. The molecule has 0 saturated carbocycles. The van der Waals surface area contributed by atoms with E-state index in [4.69, 9.17) is 4.42 Å². The van der Waals surface area contributed by atoms with Gasteiger partial charge in [-0.25, -0.2) is 4.39 Å². The van der Waals surface area contributed by atoms with Gasteiger partial charge in [0.25, 0.3) is 0 Å². The molecule has 1 heterocycles. The van der Waals surface area contributed by atoms with E-state index in [-0.39, 0.29) is 11.9 Å². The van der Waals surface area contributed by atoms with Gasteiger partial charge in [-0.1, -0.05) is 6.07 Å². The Morgan fingerprint density at radius 2 is 2.30 bits per heavy atom. The van der Waals surface area contributed by atoms with Gasteiger partial charge in [-0.05, 0) is 54.7 Å². The van der Waals surface area contributed by atoms with Crippen molar-refractivity contribution in [3.8, 4) is 0 Å². The molecule has 0 fully saturated rings. The molecule has 3 rings (SSSR count). The minimum Gasteiger partial charge on any atom is -0.467 e. The summed E-state index contributed by atoms with van der Waals surface area (Å²) in [7, 11) is 0. The van der Waals surface area contributed by atoms with E-state index >= 15 is 0 Å². The Morgan fingerprint density at radius 1 is 1.40 bits per heavy atom. The molecule has 2 N–H and O–H groups in total. The Kier molecular flexibility index (Phi) is 3.85. The minimum absolute atomic E-state index is 0.170. The largest absolute Gasteiger partial charge is 0.467 e. The van der Waals surface area contributed by atoms with E-state index in [0.717, 1.165) is 30.4 Å². The van der Waals surface area contributed by atoms with Crippen LogP contribution in [-0.4, -0.2) is 11.7 Å². The normalized spacial score (nSPS) is 19.6. The topological polar surface area (TPSA) is 45.4 Å². The van der Waals surface area contributed by atoms with Crippen molar-refractivity contribution in [1.29, 1.82) is 0 Å². The monoisotopic (exact) mass is 275 g/mol. The van der Waals surface area contributed by atoms with Crippen LogP contribution in [0.3, 0.4) is 0 Å². The van der Waals surface area contributed by atoms with Gasteiger partial charge in [-0.3, -0.25) is 0 Å². The summed E-state index contributed by atoms with van der Waals surface area (Å²) in [5.74, 6) is 0.382. The first-order valence-corrected chi connectivity index (χ1v) is 6.97. The number of rotatable bonds is 4. The van der Waals surface area contributed by atoms with E-state index in [1.807, 2.05) is 6.07 Å². The molecule has 1 aromatic carbocycles. The summed E-state index contributed by atoms with van der Waals surface area (Å²) in [5.41, 5.74) is 2.21. The molecule has 0 bridgehead atoms. The summed E-state index contributed by atoms with van der Waals surface area (Å²) < 4.78 is 18.4. The number of hydrogen-bond acceptors (Lipinski definition) is 3. The van der Waals surface area contributed by atoms with Crippen molar-refractivity contribution in [2.24, 2.45) is 0 Å². The molecule has 0 spiro atoms. The fourth-order valence-electron chi connectivity index (χ4n) is 2.83. The Labute approximate surface area is 117 Å². The predicted octanol–water partition coefficient (Wildman–Crippen LogP) is 3.12. The van der Waals surface area contributed by atoms with E-state index in [1.165, 1.54) is 6.07 Å². The van der Waals surface area contributed by atoms with E-state index in [0.29, 0.717) is 12.3 Å². The van der Waals surface area contributed by atoms with E-state index in [9.17, 15) is 9.50 Å². The predicted molar refractivity (Wildman–Crippen MR) is 73.7 cm³/mol. The van der Waals surface area contributed by atoms with Crippen LogP contribution in [0.4, 0.5) is 4.39 Å². The number of hydrogen-bond donors (Lipinski definition) is 2. The molecule has 1 aliphatic rings. The molecule has 4 heteroatoms. The molecule has 0 unspecified atom stereocenters. The second-order valence-corrected chi connectivity index (χ2v) is 5.23. The van der Waals surface area contributed by atoms with Crippen LogP contribution in [0.1, 0.15) is 41.9 Å². The first-order chi connectivity index (χ1) is 9.74. The quantitative estimate of drug-likeness (QED) is 0.901. The lowest BCUT2D eigenvalue weighted by Crippen LogP contribution is -2.29. The number of aliphatic hydroxyl groups excluding tert-OH is 1. The van der Waals surface area contributed by atoms with Crippen molar-refractivity contribution in [3.05, 3.63) is 59.3 Å². The van der Waals surface area contributed by atoms with Crippen LogP contribution in [0.5, 0.6) is 0 Å². The van der Waals surface area contributed by atoms with E-state index in [1.54, 1.807) is 24.5 Å². The van der Waals surface area contributed by atoms with Gasteiger partial charge < -0.3 is 14.8 Å². The van der Waals surface area contributed by atoms with Crippen LogP contribution in [0.25, 0.3) is 0 Å². The number of fused-ring (bicyclic) bond motifs is 1. The molecule has 0 saturated heterocycles. The highest BCUT2D eigenvalue weighted by atomic mass is 19.1. The van der Waals surface area contributed by atoms with Gasteiger partial charge in [-0.15, -0.1) is 0 Å². The summed E-state index contributed by atoms with van der Waals surface area (Å²) >= 11 is 0. The third kappa shape index (κ3) is 2.76. The van der Waals surface area contributed by atoms with Crippen LogP contribution in [0.15, 0.2) is 41.0 Å². The smallest absolute Gasteiger partial charge is 0.133 e. The summed E-state index contributed by atoms with van der Waals surface area (Å²) in [5, 5.41) is 13.4. The van der Waals surface area contributed by atoms with Crippen molar-refractivity contribution < 1.29 is 13.9 Å². The van der Waals surface area contributed by atoms with Gasteiger partial charge in [0.05, 0.1) is 6.26 Å². The first kappa shape index (κ1) is 13.3. The minimum atomic E-state index is -0.657. The maximum Gasteiger partial charge on any atom is 0.133 e. The summed E-state index contributed by atoms with van der Waals surface area (Å²) in [6, 6.07) is 8.66. The third-order valence-corrected chi connectivity index (χ3v) is 3.85. The number of aliphatic hydroxyl groups is 1. The zero-order valence-electron chi connectivity index (χ0n) is 11.2. The van der Waals surface area contributed by atoms with Gasteiger partial charge in [0, 0.05) is 12.6 Å². The van der Waals surface area contributed by atoms with Crippen molar-refractivity contribution in [1.82, 2.24) is 5.32 Å². The molecule has 20 heavy (non-hydrogen) atoms. The van der Waals surface area contributed by atoms with Gasteiger partial charge in [0.1, 0.15) is 17.7 Å². The Morgan fingerprint density at radius 3 is 3.10 bits per heavy atom. The Hall–Kier alpha value is -1.65. The fraction of sp³-hybridized carbons (Fsp3) is 0.375. The molecule has 0 aliphatic heterocycles. The van der Waals surface area contributed by atoms with E-state index < -0.39 is 6.10 Å². The number of aryl methyl sites for hydroxylation is 1. The molecule has 1 aromatic heterocycles. The number of nitrogens with one attached hydrogen (secondary N) is 1. The lowest BCUT2D eigenvalue weighted by atomic mass is 9.87. The first-order valence-electron chi connectivity index (χ1n) is 6.97. The van der Waals surface area contributed by atoms with E-state index in [2.05, 4.69) is 5.32 Å². The van der Waals surface area contributed by atoms with Crippen LogP contribution in [0.2, 0.25) is 0 Å². The maximum absolute atomic E-state index is 13.2. The highest BCUT2D eigenvalue weighted by Crippen LogP contribution is 2.30. The van der Waals surface area contributed by atoms with Crippen LogP contribution in [0, 0.1) is 5.82 Å². The highest BCUT2D eigenvalue weighted by molar-refractivity contribution is 5.32. The van der Waals surface area contributed by atoms with Crippen molar-refractivity contribution in [2.75, 3.05) is 6.54 Å². The molecule has 3 nitrogen and oxygen atoms in total.